The molecule has 3 aromatic carbocycles. The zero-order chi connectivity index (χ0) is 24.7. The minimum atomic E-state index is -0.221. The Kier molecular flexibility index (Phi) is 10.4. The van der Waals surface area contributed by atoms with Crippen LogP contribution in [0.25, 0.3) is 0 Å². The van der Waals surface area contributed by atoms with Crippen LogP contribution in [0.2, 0.25) is 0 Å². The molecule has 8 heteroatoms. The van der Waals surface area contributed by atoms with Crippen molar-refractivity contribution in [3.8, 4) is 11.5 Å². The summed E-state index contributed by atoms with van der Waals surface area (Å²) in [6.45, 7) is 2.06. The highest BCUT2D eigenvalue weighted by Crippen LogP contribution is 2.16. The second kappa shape index (κ2) is 14.3. The maximum atomic E-state index is 12.3. The fourth-order valence-electron chi connectivity index (χ4n) is 3.15. The molecule has 0 atom stereocenters. The maximum Gasteiger partial charge on any atom is 0.251 e. The van der Waals surface area contributed by atoms with Crippen molar-refractivity contribution in [1.82, 2.24) is 5.32 Å². The Morgan fingerprint density at radius 3 is 2.20 bits per heavy atom. The van der Waals surface area contributed by atoms with Crippen LogP contribution in [-0.4, -0.2) is 51.8 Å². The average Bonchev–Trinajstić information content (AvgIpc) is 2.89. The number of anilines is 2. The number of amides is 2. The van der Waals surface area contributed by atoms with Gasteiger partial charge in [0, 0.05) is 37.2 Å². The van der Waals surface area contributed by atoms with Crippen molar-refractivity contribution in [2.24, 2.45) is 0 Å². The topological polar surface area (TPSA) is 97.9 Å². The lowest BCUT2D eigenvalue weighted by Crippen LogP contribution is -2.25. The molecule has 0 aliphatic heterocycles. The van der Waals surface area contributed by atoms with Crippen molar-refractivity contribution >= 4 is 23.2 Å². The smallest absolute Gasteiger partial charge is 0.251 e. The first-order valence-electron chi connectivity index (χ1n) is 11.5. The number of nitrogens with one attached hydrogen (secondary N) is 3. The molecule has 0 bridgehead atoms. The van der Waals surface area contributed by atoms with Crippen molar-refractivity contribution in [1.29, 1.82) is 0 Å². The Labute approximate surface area is 205 Å². The van der Waals surface area contributed by atoms with E-state index in [0.29, 0.717) is 43.4 Å². The number of hydrogen-bond acceptors (Lipinski definition) is 6. The highest BCUT2D eigenvalue weighted by molar-refractivity contribution is 5.98. The molecule has 2 amide bonds. The fraction of sp³-hybridized carbons (Fsp3) is 0.259. The number of methoxy groups -OCH3 is 1. The molecule has 35 heavy (non-hydrogen) atoms. The highest BCUT2D eigenvalue weighted by Gasteiger charge is 2.08. The van der Waals surface area contributed by atoms with Gasteiger partial charge in [0.25, 0.3) is 5.91 Å². The zero-order valence-corrected chi connectivity index (χ0v) is 19.8. The number of carbonyl (C=O) groups is 2. The van der Waals surface area contributed by atoms with Gasteiger partial charge in [-0.15, -0.1) is 0 Å². The normalized spacial score (nSPS) is 10.3. The summed E-state index contributed by atoms with van der Waals surface area (Å²) in [5, 5.41) is 8.71. The predicted octanol–water partition coefficient (Wildman–Crippen LogP) is 3.96. The van der Waals surface area contributed by atoms with E-state index in [1.165, 1.54) is 0 Å². The largest absolute Gasteiger partial charge is 0.490 e. The number of rotatable bonds is 14. The van der Waals surface area contributed by atoms with Crippen molar-refractivity contribution < 1.29 is 23.8 Å². The minimum absolute atomic E-state index is 0.0819. The number of ether oxygens (including phenoxy) is 3. The molecule has 0 aromatic heterocycles. The highest BCUT2D eigenvalue weighted by atomic mass is 16.5. The zero-order valence-electron chi connectivity index (χ0n) is 19.8. The van der Waals surface area contributed by atoms with Gasteiger partial charge in [0.2, 0.25) is 5.91 Å². The average molecular weight is 478 g/mol. The molecule has 0 saturated carbocycles. The number of carbonyl (C=O) groups excluding carboxylic acids is 2. The number of benzene rings is 3. The second-order valence-electron chi connectivity index (χ2n) is 7.62. The summed E-state index contributed by atoms with van der Waals surface area (Å²) in [4.78, 5) is 24.6. The van der Waals surface area contributed by atoms with Crippen LogP contribution in [0.1, 0.15) is 16.8 Å². The van der Waals surface area contributed by atoms with E-state index in [-0.39, 0.29) is 18.4 Å². The number of para-hydroxylation sites is 1. The van der Waals surface area contributed by atoms with E-state index >= 15 is 0 Å². The summed E-state index contributed by atoms with van der Waals surface area (Å²) in [5.74, 6) is 1.11. The molecule has 0 spiro atoms. The van der Waals surface area contributed by atoms with E-state index in [2.05, 4.69) is 16.0 Å². The number of hydrogen-bond donors (Lipinski definition) is 3. The SMILES string of the molecule is COCCCNC(=O)c1cccc(NC(=O)CNc2ccc(OCCOc3ccccc3)cc2)c1. The van der Waals surface area contributed by atoms with Gasteiger partial charge in [-0.2, -0.15) is 0 Å². The van der Waals surface area contributed by atoms with Gasteiger partial charge >= 0.3 is 0 Å². The first-order valence-corrected chi connectivity index (χ1v) is 11.5. The van der Waals surface area contributed by atoms with Gasteiger partial charge in [-0.05, 0) is 61.0 Å². The van der Waals surface area contributed by atoms with E-state index < -0.39 is 0 Å². The summed E-state index contributed by atoms with van der Waals surface area (Å²) < 4.78 is 16.3. The van der Waals surface area contributed by atoms with Gasteiger partial charge in [0.15, 0.2) is 0 Å². The van der Waals surface area contributed by atoms with E-state index in [0.717, 1.165) is 17.9 Å². The summed E-state index contributed by atoms with van der Waals surface area (Å²) in [7, 11) is 1.62. The Balaban J connectivity index is 1.37. The van der Waals surface area contributed by atoms with E-state index in [4.69, 9.17) is 14.2 Å². The third-order valence-electron chi connectivity index (χ3n) is 4.89. The van der Waals surface area contributed by atoms with Crippen LogP contribution in [0.4, 0.5) is 11.4 Å². The van der Waals surface area contributed by atoms with E-state index in [1.807, 2.05) is 54.6 Å². The van der Waals surface area contributed by atoms with Gasteiger partial charge in [0.1, 0.15) is 24.7 Å². The maximum absolute atomic E-state index is 12.3. The van der Waals surface area contributed by atoms with Crippen LogP contribution in [-0.2, 0) is 9.53 Å². The quantitative estimate of drug-likeness (QED) is 0.304. The lowest BCUT2D eigenvalue weighted by molar-refractivity contribution is -0.114. The standard InChI is InChI=1S/C27H31N3O5/c1-33-16-6-15-28-27(32)21-7-5-8-23(19-21)30-26(31)20-29-22-11-13-25(14-12-22)35-18-17-34-24-9-3-2-4-10-24/h2-5,7-14,19,29H,6,15-18,20H2,1H3,(H,28,32)(H,30,31). The first-order chi connectivity index (χ1) is 17.1. The molecule has 0 fully saturated rings. The van der Waals surface area contributed by atoms with Crippen molar-refractivity contribution in [2.45, 2.75) is 6.42 Å². The molecule has 0 heterocycles. The molecule has 0 saturated heterocycles. The molecule has 0 aliphatic rings. The summed E-state index contributed by atoms with van der Waals surface area (Å²) >= 11 is 0. The molecule has 0 unspecified atom stereocenters. The van der Waals surface area contributed by atoms with Gasteiger partial charge in [-0.25, -0.2) is 0 Å². The van der Waals surface area contributed by atoms with Crippen LogP contribution in [0.15, 0.2) is 78.9 Å². The summed E-state index contributed by atoms with van der Waals surface area (Å²) in [6.07, 6.45) is 0.736. The second-order valence-corrected chi connectivity index (χ2v) is 7.62. The third kappa shape index (κ3) is 9.38. The monoisotopic (exact) mass is 477 g/mol. The Bertz CT molecular complexity index is 1060. The molecule has 184 valence electrons. The predicted molar refractivity (Wildman–Crippen MR) is 136 cm³/mol. The Morgan fingerprint density at radius 1 is 0.771 bits per heavy atom. The minimum Gasteiger partial charge on any atom is -0.490 e. The molecule has 8 nitrogen and oxygen atoms in total. The van der Waals surface area contributed by atoms with Gasteiger partial charge in [-0.3, -0.25) is 9.59 Å². The van der Waals surface area contributed by atoms with Crippen LogP contribution in [0.5, 0.6) is 11.5 Å². The summed E-state index contributed by atoms with van der Waals surface area (Å²) in [5.41, 5.74) is 1.83. The third-order valence-corrected chi connectivity index (χ3v) is 4.89. The molecule has 3 rings (SSSR count). The van der Waals surface area contributed by atoms with Crippen LogP contribution in [0.3, 0.4) is 0 Å². The van der Waals surface area contributed by atoms with Crippen LogP contribution in [0, 0.1) is 0 Å². The molecule has 3 N–H and O–H groups in total. The molecule has 0 radical (unpaired) electrons. The van der Waals surface area contributed by atoms with E-state index in [1.54, 1.807) is 31.4 Å². The fourth-order valence-corrected chi connectivity index (χ4v) is 3.15. The van der Waals surface area contributed by atoms with Gasteiger partial charge in [0.05, 0.1) is 6.54 Å². The van der Waals surface area contributed by atoms with Crippen molar-refractivity contribution in [3.63, 3.8) is 0 Å². The van der Waals surface area contributed by atoms with Crippen LogP contribution < -0.4 is 25.4 Å². The van der Waals surface area contributed by atoms with E-state index in [9.17, 15) is 9.59 Å². The lowest BCUT2D eigenvalue weighted by atomic mass is 10.2. The lowest BCUT2D eigenvalue weighted by Gasteiger charge is -2.11. The van der Waals surface area contributed by atoms with Crippen molar-refractivity contribution in [2.75, 3.05) is 50.7 Å². The van der Waals surface area contributed by atoms with Crippen molar-refractivity contribution in [3.05, 3.63) is 84.4 Å². The van der Waals surface area contributed by atoms with Gasteiger partial charge in [-0.1, -0.05) is 24.3 Å². The Morgan fingerprint density at radius 2 is 1.49 bits per heavy atom. The molecular weight excluding hydrogens is 446 g/mol. The van der Waals surface area contributed by atoms with Gasteiger partial charge < -0.3 is 30.2 Å². The summed E-state index contributed by atoms with van der Waals surface area (Å²) in [6, 6.07) is 23.8. The first kappa shape index (κ1) is 25.6. The Hall–Kier alpha value is -4.04. The van der Waals surface area contributed by atoms with Crippen LogP contribution >= 0.6 is 0 Å². The molecular formula is C27H31N3O5. The molecule has 0 aliphatic carbocycles. The molecule has 3 aromatic rings.